The Labute approximate surface area is 231 Å². The molecule has 4 heterocycles. The molecule has 0 bridgehead atoms. The molecule has 1 atom stereocenters. The molecule has 2 aromatic rings. The number of aromatic nitrogens is 2. The highest BCUT2D eigenvalue weighted by Crippen LogP contribution is 2.32. The van der Waals surface area contributed by atoms with Crippen LogP contribution < -0.4 is 10.6 Å². The quantitative estimate of drug-likeness (QED) is 0.433. The number of nitrogens with one attached hydrogen (secondary N) is 2. The summed E-state index contributed by atoms with van der Waals surface area (Å²) >= 11 is 0. The molecule has 1 unspecified atom stereocenters. The maximum absolute atomic E-state index is 14.9. The molecular weight excluding hydrogens is 495 g/mol. The van der Waals surface area contributed by atoms with Crippen molar-refractivity contribution in [3.63, 3.8) is 0 Å². The summed E-state index contributed by atoms with van der Waals surface area (Å²) < 4.78 is 25.6. The van der Waals surface area contributed by atoms with Gasteiger partial charge in [0, 0.05) is 57.7 Å². The van der Waals surface area contributed by atoms with Crippen LogP contribution in [0.15, 0.2) is 30.5 Å². The second-order valence-electron chi connectivity index (χ2n) is 11.4. The third kappa shape index (κ3) is 7.05. The van der Waals surface area contributed by atoms with Gasteiger partial charge in [0.15, 0.2) is 5.82 Å². The zero-order chi connectivity index (χ0) is 27.1. The zero-order valence-corrected chi connectivity index (χ0v) is 23.0. The maximum atomic E-state index is 14.9. The number of methoxy groups -OCH3 is 1. The fraction of sp³-hybridized carbons (Fsp3) is 0.633. The first kappa shape index (κ1) is 27.8. The summed E-state index contributed by atoms with van der Waals surface area (Å²) in [7, 11) is 1.78. The third-order valence-corrected chi connectivity index (χ3v) is 8.79. The van der Waals surface area contributed by atoms with Crippen molar-refractivity contribution in [2.45, 2.75) is 63.5 Å². The van der Waals surface area contributed by atoms with Crippen molar-refractivity contribution < 1.29 is 13.9 Å². The molecular formula is C30H41FN6O2. The smallest absolute Gasteiger partial charge is 0.151 e. The number of hydrogen-bond donors (Lipinski definition) is 2. The van der Waals surface area contributed by atoms with Gasteiger partial charge in [-0.25, -0.2) is 14.4 Å². The number of rotatable bonds is 10. The number of ether oxygens (including phenoxy) is 2. The molecule has 2 saturated heterocycles. The van der Waals surface area contributed by atoms with E-state index in [1.54, 1.807) is 13.2 Å². The summed E-state index contributed by atoms with van der Waals surface area (Å²) in [5.74, 6) is 1.67. The molecule has 1 saturated carbocycles. The summed E-state index contributed by atoms with van der Waals surface area (Å²) in [6, 6.07) is 10.7. The van der Waals surface area contributed by atoms with Crippen molar-refractivity contribution in [2.75, 3.05) is 57.2 Å². The van der Waals surface area contributed by atoms with Gasteiger partial charge in [0.1, 0.15) is 11.6 Å². The summed E-state index contributed by atoms with van der Waals surface area (Å²) in [6.45, 7) is 4.93. The Balaban J connectivity index is 1.17. The van der Waals surface area contributed by atoms with Crippen LogP contribution in [0.3, 0.4) is 0 Å². The van der Waals surface area contributed by atoms with Gasteiger partial charge in [0.25, 0.3) is 0 Å². The van der Waals surface area contributed by atoms with Gasteiger partial charge in [-0.05, 0) is 82.0 Å². The molecule has 2 aromatic heterocycles. The van der Waals surface area contributed by atoms with Gasteiger partial charge in [-0.1, -0.05) is 6.07 Å². The maximum Gasteiger partial charge on any atom is 0.151 e. The predicted molar refractivity (Wildman–Crippen MR) is 150 cm³/mol. The van der Waals surface area contributed by atoms with E-state index >= 15 is 0 Å². The minimum atomic E-state index is -0.464. The number of likely N-dealkylation sites (tertiary alicyclic amines) is 1. The molecule has 1 aliphatic carbocycles. The number of hydrogen-bond acceptors (Lipinski definition) is 8. The highest BCUT2D eigenvalue weighted by Gasteiger charge is 2.33. The fourth-order valence-corrected chi connectivity index (χ4v) is 6.26. The number of halogens is 1. The van der Waals surface area contributed by atoms with Gasteiger partial charge in [0.2, 0.25) is 0 Å². The molecule has 0 radical (unpaired) electrons. The molecule has 0 amide bonds. The molecule has 39 heavy (non-hydrogen) atoms. The summed E-state index contributed by atoms with van der Waals surface area (Å²) in [4.78, 5) is 11.7. The molecule has 5 rings (SSSR count). The molecule has 3 fully saturated rings. The van der Waals surface area contributed by atoms with Gasteiger partial charge >= 0.3 is 0 Å². The highest BCUT2D eigenvalue weighted by atomic mass is 19.1. The first-order valence-corrected chi connectivity index (χ1v) is 14.4. The van der Waals surface area contributed by atoms with E-state index in [0.717, 1.165) is 31.8 Å². The largest absolute Gasteiger partial charge is 0.385 e. The number of pyridine rings is 2. The zero-order valence-electron chi connectivity index (χ0n) is 23.0. The molecule has 8 nitrogen and oxygen atoms in total. The average Bonchev–Trinajstić information content (AvgIpc) is 3.46. The van der Waals surface area contributed by atoms with Crippen LogP contribution in [0.2, 0.25) is 0 Å². The topological polar surface area (TPSA) is 95.3 Å². The predicted octanol–water partition coefficient (Wildman–Crippen LogP) is 5.10. The molecule has 210 valence electrons. The second kappa shape index (κ2) is 13.0. The lowest BCUT2D eigenvalue weighted by atomic mass is 9.82. The van der Waals surface area contributed by atoms with Crippen LogP contribution in [-0.4, -0.2) is 73.5 Å². The lowest BCUT2D eigenvalue weighted by Crippen LogP contribution is -2.39. The molecule has 0 aromatic carbocycles. The Kier molecular flexibility index (Phi) is 9.28. The van der Waals surface area contributed by atoms with Crippen molar-refractivity contribution in [3.8, 4) is 17.3 Å². The minimum absolute atomic E-state index is 0.335. The van der Waals surface area contributed by atoms with Crippen molar-refractivity contribution >= 4 is 11.6 Å². The molecule has 0 spiro atoms. The lowest BCUT2D eigenvalue weighted by Gasteiger charge is -2.35. The van der Waals surface area contributed by atoms with Crippen LogP contribution in [0, 0.1) is 28.5 Å². The summed E-state index contributed by atoms with van der Waals surface area (Å²) in [5, 5.41) is 16.6. The second-order valence-corrected chi connectivity index (χ2v) is 11.4. The van der Waals surface area contributed by atoms with Crippen molar-refractivity contribution in [2.24, 2.45) is 11.3 Å². The Bertz CT molecular complexity index is 1130. The van der Waals surface area contributed by atoms with E-state index in [1.165, 1.54) is 38.5 Å². The first-order chi connectivity index (χ1) is 19.1. The standard InChI is InChI=1S/C30H41FN6O2/c1-38-14-10-22-9-13-37(19-22)24-7-5-23(6-8-24)35-29-17-25(26(31)18-33-29)27-3-2-4-28(36-27)34-21-30(20-32)11-15-39-16-12-30/h2-4,17-18,22-24H,5-16,19,21H2,1H3,(H,33,35)(H,34,36). The van der Waals surface area contributed by atoms with Crippen LogP contribution in [-0.2, 0) is 9.47 Å². The SMILES string of the molecule is COCCC1CCN(C2CCC(Nc3cc(-c4cccc(NCC5(C#N)CCOCC5)n4)c(F)cn3)CC2)C1. The van der Waals surface area contributed by atoms with E-state index in [2.05, 4.69) is 31.6 Å². The van der Waals surface area contributed by atoms with Crippen molar-refractivity contribution in [1.82, 2.24) is 14.9 Å². The molecule has 2 aliphatic heterocycles. The average molecular weight is 537 g/mol. The summed E-state index contributed by atoms with van der Waals surface area (Å²) in [5.41, 5.74) is 0.501. The van der Waals surface area contributed by atoms with Crippen LogP contribution in [0.5, 0.6) is 0 Å². The van der Waals surface area contributed by atoms with Gasteiger partial charge < -0.3 is 25.0 Å². The van der Waals surface area contributed by atoms with Crippen molar-refractivity contribution in [3.05, 3.63) is 36.3 Å². The Morgan fingerprint density at radius 3 is 2.77 bits per heavy atom. The summed E-state index contributed by atoms with van der Waals surface area (Å²) in [6.07, 6.45) is 9.63. The minimum Gasteiger partial charge on any atom is -0.385 e. The Morgan fingerprint density at radius 2 is 2.00 bits per heavy atom. The van der Waals surface area contributed by atoms with Crippen LogP contribution in [0.25, 0.3) is 11.3 Å². The van der Waals surface area contributed by atoms with Gasteiger partial charge in [0.05, 0.1) is 23.4 Å². The van der Waals surface area contributed by atoms with E-state index < -0.39 is 11.2 Å². The molecule has 3 aliphatic rings. The van der Waals surface area contributed by atoms with Crippen LogP contribution in [0.1, 0.15) is 51.4 Å². The fourth-order valence-electron chi connectivity index (χ4n) is 6.26. The van der Waals surface area contributed by atoms with Crippen LogP contribution in [0.4, 0.5) is 16.0 Å². The van der Waals surface area contributed by atoms with Gasteiger partial charge in [-0.2, -0.15) is 5.26 Å². The Hall–Kier alpha value is -2.80. The monoisotopic (exact) mass is 536 g/mol. The molecule has 9 heteroatoms. The number of nitriles is 1. The normalized spacial score (nSPS) is 25.2. The van der Waals surface area contributed by atoms with E-state index in [-0.39, 0.29) is 0 Å². The number of anilines is 2. The van der Waals surface area contributed by atoms with E-state index in [0.29, 0.717) is 67.6 Å². The first-order valence-electron chi connectivity index (χ1n) is 14.4. The van der Waals surface area contributed by atoms with E-state index in [9.17, 15) is 9.65 Å². The molecule has 2 N–H and O–H groups in total. The van der Waals surface area contributed by atoms with E-state index in [4.69, 9.17) is 9.47 Å². The van der Waals surface area contributed by atoms with Gasteiger partial charge in [-0.3, -0.25) is 0 Å². The number of nitrogens with zero attached hydrogens (tertiary/aromatic N) is 4. The van der Waals surface area contributed by atoms with E-state index in [1.807, 2.05) is 18.2 Å². The van der Waals surface area contributed by atoms with Crippen LogP contribution >= 0.6 is 0 Å². The highest BCUT2D eigenvalue weighted by molar-refractivity contribution is 5.65. The Morgan fingerprint density at radius 1 is 1.18 bits per heavy atom. The van der Waals surface area contributed by atoms with Gasteiger partial charge in [-0.15, -0.1) is 0 Å². The lowest BCUT2D eigenvalue weighted by molar-refractivity contribution is 0.0455. The van der Waals surface area contributed by atoms with Crippen molar-refractivity contribution in [1.29, 1.82) is 5.26 Å². The third-order valence-electron chi connectivity index (χ3n) is 8.79.